The molecule has 21 heavy (non-hydrogen) atoms. The van der Waals surface area contributed by atoms with Crippen molar-refractivity contribution >= 4 is 28.6 Å². The van der Waals surface area contributed by atoms with E-state index < -0.39 is 17.6 Å². The molecule has 0 aromatic heterocycles. The van der Waals surface area contributed by atoms with Gasteiger partial charge in [-0.15, -0.1) is 0 Å². The summed E-state index contributed by atoms with van der Waals surface area (Å²) in [7, 11) is 0. The Kier molecular flexibility index (Phi) is 4.46. The highest BCUT2D eigenvalue weighted by molar-refractivity contribution is 8.13. The molecule has 0 unspecified atom stereocenters. The maximum Gasteiger partial charge on any atom is 0.416 e. The minimum atomic E-state index is -4.47. The van der Waals surface area contributed by atoms with Gasteiger partial charge in [0.2, 0.25) is 5.91 Å². The molecule has 1 aromatic rings. The largest absolute Gasteiger partial charge is 0.416 e. The fourth-order valence-corrected chi connectivity index (χ4v) is 2.77. The number of nitrogens with one attached hydrogen (secondary N) is 1. The summed E-state index contributed by atoms with van der Waals surface area (Å²) in [6.07, 6.45) is -4.47. The van der Waals surface area contributed by atoms with Gasteiger partial charge in [-0.25, -0.2) is 0 Å². The van der Waals surface area contributed by atoms with Crippen LogP contribution in [0.2, 0.25) is 0 Å². The fraction of sp³-hybridized carbons (Fsp3) is 0.385. The Bertz CT molecular complexity index is 575. The average molecular weight is 318 g/mol. The van der Waals surface area contributed by atoms with Crippen LogP contribution in [-0.2, 0) is 11.0 Å². The van der Waals surface area contributed by atoms with Gasteiger partial charge in [0.05, 0.1) is 5.56 Å². The number of nitrogens with zero attached hydrogens (tertiary/aromatic N) is 1. The zero-order valence-electron chi connectivity index (χ0n) is 11.2. The van der Waals surface area contributed by atoms with E-state index in [9.17, 15) is 22.8 Å². The molecule has 1 N–H and O–H groups in total. The molecule has 0 bridgehead atoms. The molecule has 8 heteroatoms. The molecule has 2 amide bonds. The molecule has 0 saturated carbocycles. The van der Waals surface area contributed by atoms with Gasteiger partial charge in [0.1, 0.15) is 6.54 Å². The molecule has 4 nitrogen and oxygen atoms in total. The third-order valence-corrected chi connectivity index (χ3v) is 3.90. The lowest BCUT2D eigenvalue weighted by molar-refractivity contribution is -0.138. The number of alkyl halides is 3. The first-order valence-corrected chi connectivity index (χ1v) is 7.15. The van der Waals surface area contributed by atoms with E-state index in [0.29, 0.717) is 12.3 Å². The number of hydrogen-bond donors (Lipinski definition) is 1. The van der Waals surface area contributed by atoms with E-state index in [1.54, 1.807) is 0 Å². The lowest BCUT2D eigenvalue weighted by Crippen LogP contribution is -2.33. The maximum atomic E-state index is 12.8. The molecular formula is C13H13F3N2O2S. The molecule has 1 aliphatic heterocycles. The molecule has 1 aromatic carbocycles. The van der Waals surface area contributed by atoms with Gasteiger partial charge in [0.25, 0.3) is 5.24 Å². The van der Waals surface area contributed by atoms with Crippen LogP contribution >= 0.6 is 11.8 Å². The molecule has 0 radical (unpaired) electrons. The monoisotopic (exact) mass is 318 g/mol. The molecule has 1 heterocycles. The third kappa shape index (κ3) is 3.90. The number of carbonyl (C=O) groups excluding carboxylic acids is 2. The summed E-state index contributed by atoms with van der Waals surface area (Å²) < 4.78 is 38.3. The number of rotatable bonds is 3. The van der Waals surface area contributed by atoms with Crippen LogP contribution in [0.3, 0.4) is 0 Å². The quantitative estimate of drug-likeness (QED) is 0.931. The zero-order valence-corrected chi connectivity index (χ0v) is 12.0. The summed E-state index contributed by atoms with van der Waals surface area (Å²) >= 11 is 1.12. The highest BCUT2D eigenvalue weighted by atomic mass is 32.2. The number of benzene rings is 1. The molecule has 0 spiro atoms. The number of thioether (sulfide) groups is 1. The minimum absolute atomic E-state index is 0.0669. The van der Waals surface area contributed by atoms with Gasteiger partial charge in [0.15, 0.2) is 0 Å². The topological polar surface area (TPSA) is 49.4 Å². The van der Waals surface area contributed by atoms with Crippen molar-refractivity contribution in [2.45, 2.75) is 13.1 Å². The highest BCUT2D eigenvalue weighted by Crippen LogP contribution is 2.33. The van der Waals surface area contributed by atoms with Gasteiger partial charge >= 0.3 is 6.18 Å². The van der Waals surface area contributed by atoms with Gasteiger partial charge in [0, 0.05) is 18.0 Å². The predicted octanol–water partition coefficient (Wildman–Crippen LogP) is 3.12. The Morgan fingerprint density at radius 1 is 1.43 bits per heavy atom. The third-order valence-electron chi connectivity index (χ3n) is 3.01. The van der Waals surface area contributed by atoms with Crippen molar-refractivity contribution in [3.8, 4) is 0 Å². The fourth-order valence-electron chi connectivity index (χ4n) is 1.95. The zero-order chi connectivity index (χ0) is 15.6. The second kappa shape index (κ2) is 5.97. The summed E-state index contributed by atoms with van der Waals surface area (Å²) in [6.45, 7) is 1.67. The van der Waals surface area contributed by atoms with Crippen molar-refractivity contribution in [1.29, 1.82) is 0 Å². The molecule has 0 atom stereocenters. The molecule has 1 saturated heterocycles. The average Bonchev–Trinajstić information content (AvgIpc) is 2.76. The summed E-state index contributed by atoms with van der Waals surface area (Å²) in [4.78, 5) is 24.5. The normalized spacial score (nSPS) is 15.4. The van der Waals surface area contributed by atoms with Crippen molar-refractivity contribution in [2.75, 3.05) is 24.2 Å². The lowest BCUT2D eigenvalue weighted by atomic mass is 10.1. The Morgan fingerprint density at radius 3 is 2.71 bits per heavy atom. The smallest absolute Gasteiger partial charge is 0.325 e. The van der Waals surface area contributed by atoms with E-state index in [1.165, 1.54) is 24.0 Å². The number of anilines is 1. The van der Waals surface area contributed by atoms with Gasteiger partial charge < -0.3 is 10.2 Å². The highest BCUT2D eigenvalue weighted by Gasteiger charge is 2.32. The minimum Gasteiger partial charge on any atom is -0.325 e. The molecule has 1 fully saturated rings. The second-order valence-corrected chi connectivity index (χ2v) is 5.66. The van der Waals surface area contributed by atoms with Crippen LogP contribution in [0.4, 0.5) is 23.7 Å². The van der Waals surface area contributed by atoms with Gasteiger partial charge in [-0.2, -0.15) is 13.2 Å². The Labute approximate surface area is 123 Å². The molecule has 2 rings (SSSR count). The van der Waals surface area contributed by atoms with Crippen LogP contribution < -0.4 is 5.32 Å². The Hall–Kier alpha value is -1.70. The van der Waals surface area contributed by atoms with E-state index in [1.807, 2.05) is 0 Å². The first kappa shape index (κ1) is 15.7. The van der Waals surface area contributed by atoms with Crippen LogP contribution in [0.25, 0.3) is 0 Å². The van der Waals surface area contributed by atoms with Gasteiger partial charge in [-0.05, 0) is 24.6 Å². The van der Waals surface area contributed by atoms with Gasteiger partial charge in [-0.1, -0.05) is 17.8 Å². The van der Waals surface area contributed by atoms with Crippen LogP contribution in [0.15, 0.2) is 18.2 Å². The Balaban J connectivity index is 2.06. The number of hydrogen-bond acceptors (Lipinski definition) is 3. The van der Waals surface area contributed by atoms with Crippen LogP contribution in [0, 0.1) is 6.92 Å². The second-order valence-electron chi connectivity index (χ2n) is 4.61. The predicted molar refractivity (Wildman–Crippen MR) is 74.2 cm³/mol. The standard InChI is InChI=1S/C13H13F3N2O2S/c1-8-2-3-9(6-10(8)13(14,15)16)17-11(19)7-18-4-5-21-12(18)20/h2-3,6H,4-5,7H2,1H3,(H,17,19). The summed E-state index contributed by atoms with van der Waals surface area (Å²) in [5, 5.41) is 2.20. The van der Waals surface area contributed by atoms with Crippen LogP contribution in [0.1, 0.15) is 11.1 Å². The van der Waals surface area contributed by atoms with Crippen molar-refractivity contribution in [3.05, 3.63) is 29.3 Å². The molecule has 114 valence electrons. The Morgan fingerprint density at radius 2 is 2.14 bits per heavy atom. The van der Waals surface area contributed by atoms with Gasteiger partial charge in [-0.3, -0.25) is 9.59 Å². The van der Waals surface area contributed by atoms with Crippen molar-refractivity contribution in [3.63, 3.8) is 0 Å². The SMILES string of the molecule is Cc1ccc(NC(=O)CN2CCSC2=O)cc1C(F)(F)F. The molecule has 1 aliphatic rings. The summed E-state index contributed by atoms with van der Waals surface area (Å²) in [6, 6.07) is 3.60. The van der Waals surface area contributed by atoms with E-state index >= 15 is 0 Å². The number of amides is 2. The van der Waals surface area contributed by atoms with E-state index in [-0.39, 0.29) is 23.0 Å². The number of carbonyl (C=O) groups is 2. The van der Waals surface area contributed by atoms with Crippen LogP contribution in [0.5, 0.6) is 0 Å². The lowest BCUT2D eigenvalue weighted by Gasteiger charge is -2.15. The number of aryl methyl sites for hydroxylation is 1. The maximum absolute atomic E-state index is 12.8. The van der Waals surface area contributed by atoms with E-state index in [0.717, 1.165) is 17.8 Å². The van der Waals surface area contributed by atoms with E-state index in [4.69, 9.17) is 0 Å². The van der Waals surface area contributed by atoms with Crippen molar-refractivity contribution in [2.24, 2.45) is 0 Å². The molecule has 0 aliphatic carbocycles. The van der Waals surface area contributed by atoms with Crippen LogP contribution in [-0.4, -0.2) is 34.9 Å². The van der Waals surface area contributed by atoms with Crippen molar-refractivity contribution < 1.29 is 22.8 Å². The van der Waals surface area contributed by atoms with Crippen molar-refractivity contribution in [1.82, 2.24) is 4.90 Å². The first-order chi connectivity index (χ1) is 9.77. The number of halogens is 3. The first-order valence-electron chi connectivity index (χ1n) is 6.17. The summed E-state index contributed by atoms with van der Waals surface area (Å²) in [5.74, 6) is 0.109. The summed E-state index contributed by atoms with van der Waals surface area (Å²) in [5.41, 5.74) is -0.628. The molecular weight excluding hydrogens is 305 g/mol. The van der Waals surface area contributed by atoms with E-state index in [2.05, 4.69) is 5.32 Å².